The Morgan fingerprint density at radius 3 is 3.03 bits per heavy atom. The largest absolute Gasteiger partial charge is 0.485 e. The van der Waals surface area contributed by atoms with Gasteiger partial charge in [-0.3, -0.25) is 4.79 Å². The van der Waals surface area contributed by atoms with Gasteiger partial charge in [-0.25, -0.2) is 4.39 Å². The number of aromatic amines is 1. The van der Waals surface area contributed by atoms with Crippen molar-refractivity contribution in [3.8, 4) is 11.5 Å². The number of amides is 1. The normalized spacial score (nSPS) is 21.6. The van der Waals surface area contributed by atoms with E-state index >= 15 is 0 Å². The zero-order valence-corrected chi connectivity index (χ0v) is 17.1. The summed E-state index contributed by atoms with van der Waals surface area (Å²) >= 11 is 0. The van der Waals surface area contributed by atoms with E-state index in [2.05, 4.69) is 15.6 Å². The topological polar surface area (TPSA) is 75.4 Å². The van der Waals surface area contributed by atoms with Crippen LogP contribution in [0.2, 0.25) is 0 Å². The molecule has 2 aliphatic heterocycles. The first-order chi connectivity index (χ1) is 15.1. The molecule has 3 aromatic rings. The van der Waals surface area contributed by atoms with E-state index < -0.39 is 0 Å². The Morgan fingerprint density at radius 1 is 1.16 bits per heavy atom. The SMILES string of the molecule is O=C1Cc2c(ccc3c2OCC(CNCC2CCc4c([nH]c5ccc(F)cc45)C2)O3)N1. The molecule has 3 aliphatic rings. The summed E-state index contributed by atoms with van der Waals surface area (Å²) in [7, 11) is 0. The highest BCUT2D eigenvalue weighted by Crippen LogP contribution is 2.41. The minimum atomic E-state index is -0.179. The summed E-state index contributed by atoms with van der Waals surface area (Å²) in [5.41, 5.74) is 5.24. The number of H-pyrrole nitrogens is 1. The Morgan fingerprint density at radius 2 is 2.10 bits per heavy atom. The van der Waals surface area contributed by atoms with Gasteiger partial charge in [0.25, 0.3) is 0 Å². The molecule has 2 atom stereocenters. The first-order valence-electron chi connectivity index (χ1n) is 10.9. The molecule has 7 heteroatoms. The van der Waals surface area contributed by atoms with Crippen LogP contribution < -0.4 is 20.1 Å². The average Bonchev–Trinajstić information content (AvgIpc) is 3.32. The fraction of sp³-hybridized carbons (Fsp3) is 0.375. The van der Waals surface area contributed by atoms with Gasteiger partial charge in [0.1, 0.15) is 18.5 Å². The second kappa shape index (κ2) is 7.27. The van der Waals surface area contributed by atoms with Crippen LogP contribution in [0.15, 0.2) is 30.3 Å². The minimum absolute atomic E-state index is 0.00784. The van der Waals surface area contributed by atoms with Crippen molar-refractivity contribution in [2.75, 3.05) is 25.0 Å². The number of anilines is 1. The lowest BCUT2D eigenvalue weighted by molar-refractivity contribution is -0.115. The molecule has 0 fully saturated rings. The lowest BCUT2D eigenvalue weighted by Crippen LogP contribution is -2.40. The molecule has 3 heterocycles. The first-order valence-corrected chi connectivity index (χ1v) is 10.9. The highest BCUT2D eigenvalue weighted by molar-refractivity contribution is 6.00. The van der Waals surface area contributed by atoms with Gasteiger partial charge in [-0.2, -0.15) is 0 Å². The molecule has 2 aromatic carbocycles. The van der Waals surface area contributed by atoms with Crippen molar-refractivity contribution in [3.63, 3.8) is 0 Å². The standard InChI is InChI=1S/C24H24FN3O3/c25-14-2-4-19-17(8-14)16-3-1-13(7-21(16)27-19)10-26-11-15-12-30-24-18-9-23(29)28-20(18)5-6-22(24)31-15/h2,4-6,8,13,15,26-27H,1,3,7,9-12H2,(H,28,29). The van der Waals surface area contributed by atoms with E-state index in [4.69, 9.17) is 9.47 Å². The van der Waals surface area contributed by atoms with Gasteiger partial charge in [0.05, 0.1) is 6.42 Å². The summed E-state index contributed by atoms with van der Waals surface area (Å²) in [5, 5.41) is 7.41. The number of benzene rings is 2. The van der Waals surface area contributed by atoms with Gasteiger partial charge in [0.15, 0.2) is 11.5 Å². The van der Waals surface area contributed by atoms with Crippen LogP contribution in [0.1, 0.15) is 23.2 Å². The van der Waals surface area contributed by atoms with Gasteiger partial charge in [-0.05, 0) is 67.6 Å². The summed E-state index contributed by atoms with van der Waals surface area (Å²) in [6.45, 7) is 2.07. The summed E-state index contributed by atoms with van der Waals surface area (Å²) < 4.78 is 25.7. The maximum absolute atomic E-state index is 13.6. The van der Waals surface area contributed by atoms with Crippen molar-refractivity contribution >= 4 is 22.5 Å². The van der Waals surface area contributed by atoms with E-state index in [0.717, 1.165) is 48.0 Å². The summed E-state index contributed by atoms with van der Waals surface area (Å²) in [6, 6.07) is 8.73. The smallest absolute Gasteiger partial charge is 0.229 e. The molecule has 31 heavy (non-hydrogen) atoms. The van der Waals surface area contributed by atoms with Crippen LogP contribution >= 0.6 is 0 Å². The monoisotopic (exact) mass is 421 g/mol. The predicted molar refractivity (Wildman–Crippen MR) is 115 cm³/mol. The minimum Gasteiger partial charge on any atom is -0.485 e. The molecule has 1 aliphatic carbocycles. The number of carbonyl (C=O) groups is 1. The number of halogens is 1. The summed E-state index contributed by atoms with van der Waals surface area (Å²) in [6.07, 6.45) is 3.30. The van der Waals surface area contributed by atoms with Crippen LogP contribution in [0.4, 0.5) is 10.1 Å². The van der Waals surface area contributed by atoms with Gasteiger partial charge in [-0.15, -0.1) is 0 Å². The molecule has 0 spiro atoms. The third-order valence-electron chi connectivity index (χ3n) is 6.60. The number of ether oxygens (including phenoxy) is 2. The van der Waals surface area contributed by atoms with Gasteiger partial charge >= 0.3 is 0 Å². The average molecular weight is 421 g/mol. The Kier molecular flexibility index (Phi) is 4.38. The third kappa shape index (κ3) is 3.33. The Hall–Kier alpha value is -3.06. The molecule has 1 aromatic heterocycles. The quantitative estimate of drug-likeness (QED) is 0.604. The predicted octanol–water partition coefficient (Wildman–Crippen LogP) is 3.34. The zero-order chi connectivity index (χ0) is 20.9. The maximum atomic E-state index is 13.6. The number of hydrogen-bond donors (Lipinski definition) is 3. The molecule has 6 rings (SSSR count). The molecular weight excluding hydrogens is 397 g/mol. The highest BCUT2D eigenvalue weighted by atomic mass is 19.1. The number of nitrogens with one attached hydrogen (secondary N) is 3. The molecule has 160 valence electrons. The van der Waals surface area contributed by atoms with Gasteiger partial charge in [0, 0.05) is 34.4 Å². The number of aryl methyl sites for hydroxylation is 1. The molecule has 2 unspecified atom stereocenters. The lowest BCUT2D eigenvalue weighted by Gasteiger charge is -2.29. The van der Waals surface area contributed by atoms with Crippen LogP contribution in [0, 0.1) is 11.7 Å². The summed E-state index contributed by atoms with van der Waals surface area (Å²) in [5.74, 6) is 1.75. The van der Waals surface area contributed by atoms with E-state index in [1.165, 1.54) is 17.3 Å². The molecular formula is C24H24FN3O3. The fourth-order valence-corrected chi connectivity index (χ4v) is 5.09. The first kappa shape index (κ1) is 18.7. The van der Waals surface area contributed by atoms with Gasteiger partial charge in [-0.1, -0.05) is 0 Å². The molecule has 1 amide bonds. The van der Waals surface area contributed by atoms with Crippen molar-refractivity contribution < 1.29 is 18.7 Å². The second-order valence-corrected chi connectivity index (χ2v) is 8.73. The van der Waals surface area contributed by atoms with Crippen LogP contribution in [0.5, 0.6) is 11.5 Å². The number of hydrogen-bond acceptors (Lipinski definition) is 4. The molecule has 0 saturated heterocycles. The van der Waals surface area contributed by atoms with Crippen molar-refractivity contribution in [2.45, 2.75) is 31.8 Å². The van der Waals surface area contributed by atoms with Crippen LogP contribution in [-0.4, -0.2) is 36.7 Å². The zero-order valence-electron chi connectivity index (χ0n) is 17.1. The molecule has 3 N–H and O–H groups in total. The Bertz CT molecular complexity index is 1190. The van der Waals surface area contributed by atoms with E-state index in [-0.39, 0.29) is 17.8 Å². The molecule has 0 radical (unpaired) electrons. The number of carbonyl (C=O) groups excluding carboxylic acids is 1. The van der Waals surface area contributed by atoms with E-state index in [1.54, 1.807) is 6.07 Å². The number of rotatable bonds is 4. The van der Waals surface area contributed by atoms with E-state index in [9.17, 15) is 9.18 Å². The fourth-order valence-electron chi connectivity index (χ4n) is 5.09. The van der Waals surface area contributed by atoms with Crippen molar-refractivity contribution in [2.24, 2.45) is 5.92 Å². The third-order valence-corrected chi connectivity index (χ3v) is 6.60. The van der Waals surface area contributed by atoms with E-state index in [1.807, 2.05) is 18.2 Å². The summed E-state index contributed by atoms with van der Waals surface area (Å²) in [4.78, 5) is 15.1. The second-order valence-electron chi connectivity index (χ2n) is 8.73. The molecule has 6 nitrogen and oxygen atoms in total. The lowest BCUT2D eigenvalue weighted by atomic mass is 9.87. The van der Waals surface area contributed by atoms with Crippen molar-refractivity contribution in [1.82, 2.24) is 10.3 Å². The Labute approximate surface area is 179 Å². The highest BCUT2D eigenvalue weighted by Gasteiger charge is 2.30. The van der Waals surface area contributed by atoms with Crippen LogP contribution in [-0.2, 0) is 24.1 Å². The van der Waals surface area contributed by atoms with Crippen LogP contribution in [0.25, 0.3) is 10.9 Å². The number of aromatic nitrogens is 1. The molecule has 0 bridgehead atoms. The van der Waals surface area contributed by atoms with Crippen molar-refractivity contribution in [3.05, 3.63) is 53.0 Å². The number of fused-ring (bicyclic) bond motifs is 6. The van der Waals surface area contributed by atoms with Crippen molar-refractivity contribution in [1.29, 1.82) is 0 Å². The Balaban J connectivity index is 1.06. The van der Waals surface area contributed by atoms with E-state index in [0.29, 0.717) is 37.0 Å². The maximum Gasteiger partial charge on any atom is 0.229 e. The van der Waals surface area contributed by atoms with Gasteiger partial charge < -0.3 is 25.1 Å². The van der Waals surface area contributed by atoms with Gasteiger partial charge in [0.2, 0.25) is 5.91 Å². The van der Waals surface area contributed by atoms with Crippen LogP contribution in [0.3, 0.4) is 0 Å². The molecule has 0 saturated carbocycles.